The Bertz CT molecular complexity index is 585. The number of rotatable bonds is 5. The molecular weight excluding hydrogens is 262 g/mol. The van der Waals surface area contributed by atoms with Crippen LogP contribution in [0.15, 0.2) is 24.3 Å². The second-order valence-electron chi connectivity index (χ2n) is 5.61. The highest BCUT2D eigenvalue weighted by molar-refractivity contribution is 5.76. The van der Waals surface area contributed by atoms with Crippen LogP contribution in [0, 0.1) is 0 Å². The van der Waals surface area contributed by atoms with Crippen molar-refractivity contribution in [3.63, 3.8) is 0 Å². The first kappa shape index (κ1) is 14.5. The topological polar surface area (TPSA) is 59.1 Å². The third kappa shape index (κ3) is 2.81. The van der Waals surface area contributed by atoms with Gasteiger partial charge in [0.15, 0.2) is 0 Å². The highest BCUT2D eigenvalue weighted by Gasteiger charge is 2.25. The Balaban J connectivity index is 2.01. The molecular formula is C16H25N5. The Labute approximate surface area is 126 Å². The summed E-state index contributed by atoms with van der Waals surface area (Å²) in [5, 5.41) is 3.42. The molecule has 1 atom stereocenters. The molecule has 5 nitrogen and oxygen atoms in total. The maximum absolute atomic E-state index is 5.83. The number of para-hydroxylation sites is 2. The lowest BCUT2D eigenvalue weighted by Crippen LogP contribution is -2.45. The first-order chi connectivity index (χ1) is 10.3. The van der Waals surface area contributed by atoms with Gasteiger partial charge in [0.05, 0.1) is 17.1 Å². The van der Waals surface area contributed by atoms with Crippen LogP contribution in [0.4, 0.5) is 0 Å². The van der Waals surface area contributed by atoms with Crippen LogP contribution >= 0.6 is 0 Å². The van der Waals surface area contributed by atoms with E-state index in [4.69, 9.17) is 10.7 Å². The van der Waals surface area contributed by atoms with Gasteiger partial charge in [0.2, 0.25) is 0 Å². The fourth-order valence-electron chi connectivity index (χ4n) is 3.31. The molecule has 21 heavy (non-hydrogen) atoms. The normalized spacial score (nSPS) is 18.2. The van der Waals surface area contributed by atoms with Gasteiger partial charge in [-0.3, -0.25) is 4.90 Å². The molecule has 0 radical (unpaired) electrons. The Morgan fingerprint density at radius 3 is 2.76 bits per heavy atom. The molecule has 2 heterocycles. The quantitative estimate of drug-likeness (QED) is 0.871. The van der Waals surface area contributed by atoms with Crippen LogP contribution < -0.4 is 11.1 Å². The van der Waals surface area contributed by atoms with E-state index in [0.29, 0.717) is 12.6 Å². The van der Waals surface area contributed by atoms with Crippen LogP contribution in [-0.2, 0) is 6.54 Å². The molecule has 0 aliphatic carbocycles. The van der Waals surface area contributed by atoms with E-state index in [2.05, 4.69) is 46.0 Å². The van der Waals surface area contributed by atoms with Gasteiger partial charge < -0.3 is 15.6 Å². The lowest BCUT2D eigenvalue weighted by atomic mass is 10.1. The Kier molecular flexibility index (Phi) is 4.53. The number of benzene rings is 1. The van der Waals surface area contributed by atoms with Gasteiger partial charge in [0, 0.05) is 39.3 Å². The average Bonchev–Trinajstić information content (AvgIpc) is 2.89. The summed E-state index contributed by atoms with van der Waals surface area (Å²) in [7, 11) is 0. The van der Waals surface area contributed by atoms with Crippen LogP contribution in [-0.4, -0.2) is 47.2 Å². The summed E-state index contributed by atoms with van der Waals surface area (Å²) < 4.78 is 2.31. The van der Waals surface area contributed by atoms with E-state index in [9.17, 15) is 0 Å². The minimum absolute atomic E-state index is 0.381. The largest absolute Gasteiger partial charge is 0.329 e. The molecule has 114 valence electrons. The zero-order valence-electron chi connectivity index (χ0n) is 12.8. The average molecular weight is 287 g/mol. The molecule has 1 aliphatic rings. The maximum atomic E-state index is 5.83. The molecule has 3 N–H and O–H groups in total. The van der Waals surface area contributed by atoms with Crippen LogP contribution in [0.25, 0.3) is 11.0 Å². The lowest BCUT2D eigenvalue weighted by Gasteiger charge is -2.34. The van der Waals surface area contributed by atoms with Crippen molar-refractivity contribution < 1.29 is 0 Å². The maximum Gasteiger partial charge on any atom is 0.127 e. The fourth-order valence-corrected chi connectivity index (χ4v) is 3.31. The molecule has 1 aliphatic heterocycles. The van der Waals surface area contributed by atoms with Crippen LogP contribution in [0.2, 0.25) is 0 Å². The van der Waals surface area contributed by atoms with Crippen molar-refractivity contribution >= 4 is 11.0 Å². The number of nitrogens with zero attached hydrogens (tertiary/aromatic N) is 3. The molecule has 2 aromatic rings. The number of hydrogen-bond acceptors (Lipinski definition) is 4. The Hall–Kier alpha value is -1.43. The standard InChI is InChI=1S/C16H25N5/c1-2-14(20-11-8-18-9-12-20)16-19-13-5-3-4-6-15(13)21(16)10-7-17/h3-6,14,18H,2,7-12,17H2,1H3. The Morgan fingerprint density at radius 2 is 2.05 bits per heavy atom. The molecule has 1 saturated heterocycles. The van der Waals surface area contributed by atoms with Gasteiger partial charge in [-0.15, -0.1) is 0 Å². The van der Waals surface area contributed by atoms with Gasteiger partial charge in [-0.2, -0.15) is 0 Å². The summed E-state index contributed by atoms with van der Waals surface area (Å²) in [5.41, 5.74) is 8.11. The van der Waals surface area contributed by atoms with Crippen molar-refractivity contribution in [2.75, 3.05) is 32.7 Å². The monoisotopic (exact) mass is 287 g/mol. The van der Waals surface area contributed by atoms with Crippen LogP contribution in [0.5, 0.6) is 0 Å². The van der Waals surface area contributed by atoms with Gasteiger partial charge in [0.25, 0.3) is 0 Å². The number of fused-ring (bicyclic) bond motifs is 1. The van der Waals surface area contributed by atoms with Gasteiger partial charge in [-0.1, -0.05) is 19.1 Å². The molecule has 3 rings (SSSR count). The number of piperazine rings is 1. The molecule has 0 spiro atoms. The minimum Gasteiger partial charge on any atom is -0.329 e. The molecule has 1 aromatic carbocycles. The van der Waals surface area contributed by atoms with E-state index in [1.165, 1.54) is 11.3 Å². The summed E-state index contributed by atoms with van der Waals surface area (Å²) in [6.07, 6.45) is 1.08. The third-order valence-electron chi connectivity index (χ3n) is 4.31. The summed E-state index contributed by atoms with van der Waals surface area (Å²) in [6, 6.07) is 8.75. The van der Waals surface area contributed by atoms with E-state index < -0.39 is 0 Å². The van der Waals surface area contributed by atoms with Gasteiger partial charge >= 0.3 is 0 Å². The summed E-state index contributed by atoms with van der Waals surface area (Å²) in [6.45, 7) is 8.03. The van der Waals surface area contributed by atoms with E-state index >= 15 is 0 Å². The zero-order chi connectivity index (χ0) is 14.7. The number of hydrogen-bond donors (Lipinski definition) is 2. The van der Waals surface area contributed by atoms with Gasteiger partial charge in [0.1, 0.15) is 5.82 Å². The van der Waals surface area contributed by atoms with Crippen molar-refractivity contribution in [3.05, 3.63) is 30.1 Å². The SMILES string of the molecule is CCC(c1nc2ccccc2n1CCN)N1CCNCC1. The van der Waals surface area contributed by atoms with Gasteiger partial charge in [-0.05, 0) is 18.6 Å². The predicted molar refractivity (Wildman–Crippen MR) is 86.3 cm³/mol. The molecule has 5 heteroatoms. The van der Waals surface area contributed by atoms with Gasteiger partial charge in [-0.25, -0.2) is 4.98 Å². The second-order valence-corrected chi connectivity index (χ2v) is 5.61. The molecule has 0 bridgehead atoms. The van der Waals surface area contributed by atoms with Crippen LogP contribution in [0.1, 0.15) is 25.2 Å². The fraction of sp³-hybridized carbons (Fsp3) is 0.562. The molecule has 1 fully saturated rings. The number of aromatic nitrogens is 2. The van der Waals surface area contributed by atoms with E-state index in [0.717, 1.165) is 44.7 Å². The number of nitrogens with two attached hydrogens (primary N) is 1. The van der Waals surface area contributed by atoms with Crippen molar-refractivity contribution in [1.82, 2.24) is 19.8 Å². The predicted octanol–water partition coefficient (Wildman–Crippen LogP) is 1.35. The first-order valence-electron chi connectivity index (χ1n) is 7.95. The number of nitrogens with one attached hydrogen (secondary N) is 1. The summed E-state index contributed by atoms with van der Waals surface area (Å²) >= 11 is 0. The van der Waals surface area contributed by atoms with E-state index in [1.807, 2.05) is 0 Å². The molecule has 1 unspecified atom stereocenters. The van der Waals surface area contributed by atoms with Crippen LogP contribution in [0.3, 0.4) is 0 Å². The Morgan fingerprint density at radius 1 is 1.29 bits per heavy atom. The third-order valence-corrected chi connectivity index (χ3v) is 4.31. The van der Waals surface area contributed by atoms with E-state index in [-0.39, 0.29) is 0 Å². The summed E-state index contributed by atoms with van der Waals surface area (Å²) in [5.74, 6) is 1.17. The highest BCUT2D eigenvalue weighted by atomic mass is 15.2. The molecule has 1 aromatic heterocycles. The zero-order valence-corrected chi connectivity index (χ0v) is 12.8. The number of imidazole rings is 1. The van der Waals surface area contributed by atoms with Crippen molar-refractivity contribution in [2.24, 2.45) is 5.73 Å². The lowest BCUT2D eigenvalue weighted by molar-refractivity contribution is 0.160. The van der Waals surface area contributed by atoms with Crippen molar-refractivity contribution in [1.29, 1.82) is 0 Å². The molecule has 0 saturated carbocycles. The first-order valence-corrected chi connectivity index (χ1v) is 7.95. The van der Waals surface area contributed by atoms with Crippen molar-refractivity contribution in [3.8, 4) is 0 Å². The minimum atomic E-state index is 0.381. The summed E-state index contributed by atoms with van der Waals surface area (Å²) in [4.78, 5) is 7.47. The second kappa shape index (κ2) is 6.56. The van der Waals surface area contributed by atoms with Crippen molar-refractivity contribution in [2.45, 2.75) is 25.9 Å². The smallest absolute Gasteiger partial charge is 0.127 e. The molecule has 0 amide bonds. The highest BCUT2D eigenvalue weighted by Crippen LogP contribution is 2.27. The van der Waals surface area contributed by atoms with E-state index in [1.54, 1.807) is 0 Å².